The summed E-state index contributed by atoms with van der Waals surface area (Å²) < 4.78 is 13.2. The van der Waals surface area contributed by atoms with Gasteiger partial charge in [0.15, 0.2) is 11.0 Å². The number of ether oxygens (including phenoxy) is 1. The molecule has 0 radical (unpaired) electrons. The van der Waals surface area contributed by atoms with Crippen molar-refractivity contribution >= 4 is 23.4 Å². The van der Waals surface area contributed by atoms with Gasteiger partial charge in [-0.15, -0.1) is 10.2 Å². The lowest BCUT2D eigenvalue weighted by Gasteiger charge is -2.08. The first-order valence-corrected chi connectivity index (χ1v) is 11.4. The largest absolute Gasteiger partial charge is 0.493 e. The molecule has 160 valence electrons. The predicted molar refractivity (Wildman–Crippen MR) is 121 cm³/mol. The van der Waals surface area contributed by atoms with Gasteiger partial charge in [-0.05, 0) is 49.7 Å². The number of nitrogens with zero attached hydrogens (tertiary/aromatic N) is 5. The van der Waals surface area contributed by atoms with E-state index in [0.717, 1.165) is 40.8 Å². The fourth-order valence-corrected chi connectivity index (χ4v) is 4.04. The summed E-state index contributed by atoms with van der Waals surface area (Å²) in [7, 11) is 0. The Morgan fingerprint density at radius 2 is 1.87 bits per heavy atom. The minimum atomic E-state index is 0.492. The van der Waals surface area contributed by atoms with E-state index in [1.807, 2.05) is 55.5 Å². The van der Waals surface area contributed by atoms with Crippen LogP contribution in [-0.4, -0.2) is 31.5 Å². The van der Waals surface area contributed by atoms with E-state index < -0.39 is 0 Å². The maximum Gasteiger partial charge on any atom is 0.237 e. The van der Waals surface area contributed by atoms with Gasteiger partial charge in [0.2, 0.25) is 11.7 Å². The van der Waals surface area contributed by atoms with Crippen molar-refractivity contribution in [2.24, 2.45) is 0 Å². The van der Waals surface area contributed by atoms with Crippen LogP contribution in [0.15, 0.2) is 58.2 Å². The molecule has 4 rings (SSSR count). The van der Waals surface area contributed by atoms with Gasteiger partial charge in [0.05, 0.1) is 17.9 Å². The molecule has 31 heavy (non-hydrogen) atoms. The molecule has 0 fully saturated rings. The smallest absolute Gasteiger partial charge is 0.237 e. The Balaban J connectivity index is 1.52. The second-order valence-electron chi connectivity index (χ2n) is 6.69. The van der Waals surface area contributed by atoms with Crippen molar-refractivity contribution in [2.45, 2.75) is 37.7 Å². The number of hydrogen-bond acceptors (Lipinski definition) is 7. The van der Waals surface area contributed by atoms with Crippen molar-refractivity contribution in [3.05, 3.63) is 59.4 Å². The molecule has 0 saturated heterocycles. The summed E-state index contributed by atoms with van der Waals surface area (Å²) in [6, 6.07) is 15.3. The second kappa shape index (κ2) is 9.98. The molecule has 0 N–H and O–H groups in total. The number of aromatic nitrogens is 5. The van der Waals surface area contributed by atoms with E-state index in [2.05, 4.69) is 31.8 Å². The zero-order chi connectivity index (χ0) is 21.6. The lowest BCUT2D eigenvalue weighted by Crippen LogP contribution is -2.02. The summed E-state index contributed by atoms with van der Waals surface area (Å²) in [4.78, 5) is 4.54. The van der Waals surface area contributed by atoms with Crippen molar-refractivity contribution in [1.29, 1.82) is 0 Å². The molecule has 7 nitrogen and oxygen atoms in total. The summed E-state index contributed by atoms with van der Waals surface area (Å²) in [6.07, 6.45) is 0.963. The summed E-state index contributed by atoms with van der Waals surface area (Å²) in [5.41, 5.74) is 1.79. The Labute approximate surface area is 189 Å². The molecule has 9 heteroatoms. The summed E-state index contributed by atoms with van der Waals surface area (Å²) in [5.74, 6) is 3.08. The van der Waals surface area contributed by atoms with Crippen LogP contribution in [0.1, 0.15) is 26.2 Å². The third kappa shape index (κ3) is 4.91. The average molecular weight is 456 g/mol. The Morgan fingerprint density at radius 3 is 2.65 bits per heavy atom. The number of rotatable bonds is 9. The van der Waals surface area contributed by atoms with E-state index in [0.29, 0.717) is 29.1 Å². The van der Waals surface area contributed by atoms with E-state index in [1.165, 1.54) is 11.8 Å². The maximum atomic E-state index is 6.02. The number of para-hydroxylation sites is 1. The third-order valence-corrected chi connectivity index (χ3v) is 5.69. The van der Waals surface area contributed by atoms with Crippen LogP contribution in [0.5, 0.6) is 5.75 Å². The first kappa shape index (κ1) is 21.4. The van der Waals surface area contributed by atoms with Gasteiger partial charge >= 0.3 is 0 Å². The normalized spacial score (nSPS) is 11.1. The molecule has 0 bridgehead atoms. The van der Waals surface area contributed by atoms with E-state index in [4.69, 9.17) is 20.9 Å². The minimum Gasteiger partial charge on any atom is -0.493 e. The van der Waals surface area contributed by atoms with Crippen molar-refractivity contribution in [3.63, 3.8) is 0 Å². The molecule has 0 aliphatic carbocycles. The van der Waals surface area contributed by atoms with Crippen LogP contribution in [0.3, 0.4) is 0 Å². The van der Waals surface area contributed by atoms with Gasteiger partial charge in [-0.1, -0.05) is 47.6 Å². The predicted octanol–water partition coefficient (Wildman–Crippen LogP) is 5.75. The fourth-order valence-electron chi connectivity index (χ4n) is 3.12. The van der Waals surface area contributed by atoms with E-state index in [-0.39, 0.29) is 0 Å². The number of halogens is 1. The number of benzene rings is 2. The van der Waals surface area contributed by atoms with Gasteiger partial charge in [-0.2, -0.15) is 4.98 Å². The SMILES string of the molecule is CCCn1c(SCc2nc(-c3ccccc3OCC)no2)nnc1-c1ccc(Cl)cc1. The van der Waals surface area contributed by atoms with Crippen molar-refractivity contribution in [3.8, 4) is 28.5 Å². The van der Waals surface area contributed by atoms with Gasteiger partial charge in [0.1, 0.15) is 5.75 Å². The molecule has 4 aromatic rings. The van der Waals surface area contributed by atoms with Crippen LogP contribution in [-0.2, 0) is 12.3 Å². The monoisotopic (exact) mass is 455 g/mol. The van der Waals surface area contributed by atoms with Crippen LogP contribution in [0.4, 0.5) is 0 Å². The van der Waals surface area contributed by atoms with Gasteiger partial charge in [-0.3, -0.25) is 0 Å². The lowest BCUT2D eigenvalue weighted by atomic mass is 10.2. The molecule has 0 amide bonds. The average Bonchev–Trinajstić information content (AvgIpc) is 3.41. The number of hydrogen-bond donors (Lipinski definition) is 0. The van der Waals surface area contributed by atoms with Gasteiger partial charge in [-0.25, -0.2) is 0 Å². The zero-order valence-electron chi connectivity index (χ0n) is 17.3. The fraction of sp³-hybridized carbons (Fsp3) is 0.273. The molecule has 2 aromatic heterocycles. The van der Waals surface area contributed by atoms with Crippen LogP contribution < -0.4 is 4.74 Å². The highest BCUT2D eigenvalue weighted by Gasteiger charge is 2.17. The first-order valence-electron chi connectivity index (χ1n) is 10.1. The van der Waals surface area contributed by atoms with Crippen LogP contribution >= 0.6 is 23.4 Å². The minimum absolute atomic E-state index is 0.492. The summed E-state index contributed by atoms with van der Waals surface area (Å²) in [5, 5.41) is 14.4. The molecule has 0 spiro atoms. The molecule has 0 saturated carbocycles. The Hall–Kier alpha value is -2.84. The molecule has 2 heterocycles. The summed E-state index contributed by atoms with van der Waals surface area (Å²) >= 11 is 7.54. The van der Waals surface area contributed by atoms with E-state index in [9.17, 15) is 0 Å². The van der Waals surface area contributed by atoms with Crippen LogP contribution in [0, 0.1) is 0 Å². The topological polar surface area (TPSA) is 78.9 Å². The van der Waals surface area contributed by atoms with Crippen molar-refractivity contribution < 1.29 is 9.26 Å². The van der Waals surface area contributed by atoms with Gasteiger partial charge in [0, 0.05) is 17.1 Å². The standard InChI is InChI=1S/C22H22ClN5O2S/c1-3-13-28-21(15-9-11-16(23)12-10-15)25-26-22(28)31-14-19-24-20(27-30-19)17-7-5-6-8-18(17)29-4-2/h5-12H,3-4,13-14H2,1-2H3. The van der Waals surface area contributed by atoms with Gasteiger partial charge < -0.3 is 13.8 Å². The Bertz CT molecular complexity index is 1140. The zero-order valence-corrected chi connectivity index (χ0v) is 18.9. The Morgan fingerprint density at radius 1 is 1.06 bits per heavy atom. The lowest BCUT2D eigenvalue weighted by molar-refractivity contribution is 0.341. The molecule has 2 aromatic carbocycles. The van der Waals surface area contributed by atoms with Gasteiger partial charge in [0.25, 0.3) is 0 Å². The molecule has 0 atom stereocenters. The van der Waals surface area contributed by atoms with E-state index in [1.54, 1.807) is 0 Å². The second-order valence-corrected chi connectivity index (χ2v) is 8.07. The van der Waals surface area contributed by atoms with E-state index >= 15 is 0 Å². The highest BCUT2D eigenvalue weighted by Crippen LogP contribution is 2.30. The van der Waals surface area contributed by atoms with Crippen LogP contribution in [0.2, 0.25) is 5.02 Å². The van der Waals surface area contributed by atoms with Crippen LogP contribution in [0.25, 0.3) is 22.8 Å². The maximum absolute atomic E-state index is 6.02. The molecule has 0 unspecified atom stereocenters. The quantitative estimate of drug-likeness (QED) is 0.297. The molecular weight excluding hydrogens is 434 g/mol. The number of thioether (sulfide) groups is 1. The third-order valence-electron chi connectivity index (χ3n) is 4.49. The Kier molecular flexibility index (Phi) is 6.89. The molecular formula is C22H22ClN5O2S. The first-order chi connectivity index (χ1) is 15.2. The van der Waals surface area contributed by atoms with Crippen molar-refractivity contribution in [2.75, 3.05) is 6.61 Å². The summed E-state index contributed by atoms with van der Waals surface area (Å²) in [6.45, 7) is 5.45. The molecule has 0 aliphatic heterocycles. The highest BCUT2D eigenvalue weighted by molar-refractivity contribution is 7.98. The van der Waals surface area contributed by atoms with Crippen molar-refractivity contribution in [1.82, 2.24) is 24.9 Å². The highest BCUT2D eigenvalue weighted by atomic mass is 35.5. The molecule has 0 aliphatic rings.